The van der Waals surface area contributed by atoms with Crippen molar-refractivity contribution in [2.45, 2.75) is 70.6 Å². The Hall–Kier alpha value is -4.07. The van der Waals surface area contributed by atoms with Gasteiger partial charge in [0, 0.05) is 18.0 Å². The largest absolute Gasteiger partial charge is 0.369 e. The summed E-state index contributed by atoms with van der Waals surface area (Å²) in [4.78, 5) is 45.0. The SMILES string of the molecule is CC(C)CC[C@]1(c2ccccc2)N=C(N)N([C@@H]2CCCc3ccc(C(=O)N4Cc5nccnc5C4)cc32)C1=O. The molecule has 2 aromatic carbocycles. The number of carbonyl (C=O) groups is 2. The van der Waals surface area contributed by atoms with E-state index in [9.17, 15) is 9.59 Å². The molecule has 3 heterocycles. The molecule has 1 aliphatic carbocycles. The standard InChI is InChI=1S/C31H34N6O2/c1-20(2)13-14-31(23-8-4-3-5-9-23)29(39)37(30(32)35-31)27-10-6-7-21-11-12-22(17-24(21)27)28(38)36-18-25-26(19-36)34-16-15-33-25/h3-5,8-9,11-12,15-17,20,27H,6-7,10,13-14,18-19H2,1-2H3,(H2,32,35)/t27-,31-/m1/s1. The van der Waals surface area contributed by atoms with Crippen LogP contribution in [0.25, 0.3) is 0 Å². The number of amides is 2. The number of hydrogen-bond donors (Lipinski definition) is 1. The van der Waals surface area contributed by atoms with Gasteiger partial charge >= 0.3 is 0 Å². The fourth-order valence-corrected chi connectivity index (χ4v) is 6.19. The molecule has 0 spiro atoms. The van der Waals surface area contributed by atoms with Crippen LogP contribution in [0.5, 0.6) is 0 Å². The highest BCUT2D eigenvalue weighted by molar-refractivity contribution is 6.07. The fourth-order valence-electron chi connectivity index (χ4n) is 6.19. The van der Waals surface area contributed by atoms with Gasteiger partial charge in [0.2, 0.25) is 0 Å². The molecule has 0 bridgehead atoms. The minimum Gasteiger partial charge on any atom is -0.369 e. The van der Waals surface area contributed by atoms with Crippen molar-refractivity contribution in [2.75, 3.05) is 0 Å². The van der Waals surface area contributed by atoms with Crippen LogP contribution in [-0.4, -0.2) is 37.5 Å². The van der Waals surface area contributed by atoms with Crippen LogP contribution in [0.2, 0.25) is 0 Å². The lowest BCUT2D eigenvalue weighted by atomic mass is 9.81. The first-order chi connectivity index (χ1) is 18.9. The van der Waals surface area contributed by atoms with Crippen molar-refractivity contribution in [2.24, 2.45) is 16.6 Å². The first-order valence-corrected chi connectivity index (χ1v) is 13.8. The number of hydrogen-bond acceptors (Lipinski definition) is 6. The first-order valence-electron chi connectivity index (χ1n) is 13.8. The lowest BCUT2D eigenvalue weighted by Gasteiger charge is -2.35. The minimum atomic E-state index is -1.03. The summed E-state index contributed by atoms with van der Waals surface area (Å²) < 4.78 is 0. The molecule has 0 saturated carbocycles. The number of benzene rings is 2. The second kappa shape index (κ2) is 9.91. The van der Waals surface area contributed by atoms with Crippen molar-refractivity contribution in [3.8, 4) is 0 Å². The zero-order chi connectivity index (χ0) is 27.1. The second-order valence-corrected chi connectivity index (χ2v) is 11.2. The van der Waals surface area contributed by atoms with Gasteiger partial charge in [-0.2, -0.15) is 0 Å². The molecule has 0 radical (unpaired) electrons. The van der Waals surface area contributed by atoms with Crippen LogP contribution < -0.4 is 5.73 Å². The van der Waals surface area contributed by atoms with Crippen molar-refractivity contribution < 1.29 is 9.59 Å². The molecule has 8 nitrogen and oxygen atoms in total. The smallest absolute Gasteiger partial charge is 0.262 e. The van der Waals surface area contributed by atoms with Crippen molar-refractivity contribution in [1.29, 1.82) is 0 Å². The summed E-state index contributed by atoms with van der Waals surface area (Å²) in [5, 5.41) is 0. The Labute approximate surface area is 229 Å². The van der Waals surface area contributed by atoms with Gasteiger partial charge in [-0.05, 0) is 66.8 Å². The molecule has 3 aliphatic rings. The van der Waals surface area contributed by atoms with E-state index in [1.54, 1.807) is 22.2 Å². The summed E-state index contributed by atoms with van der Waals surface area (Å²) in [7, 11) is 0. The van der Waals surface area contributed by atoms with E-state index in [1.165, 1.54) is 0 Å². The molecule has 2 amide bonds. The third kappa shape index (κ3) is 4.37. The molecule has 39 heavy (non-hydrogen) atoms. The third-order valence-corrected chi connectivity index (χ3v) is 8.28. The van der Waals surface area contributed by atoms with Crippen LogP contribution in [0.4, 0.5) is 0 Å². The van der Waals surface area contributed by atoms with Crippen LogP contribution in [-0.2, 0) is 29.8 Å². The Morgan fingerprint density at radius 3 is 2.49 bits per heavy atom. The highest BCUT2D eigenvalue weighted by Crippen LogP contribution is 2.44. The van der Waals surface area contributed by atoms with Crippen LogP contribution in [0.1, 0.15) is 84.0 Å². The molecule has 1 aromatic heterocycles. The Kier molecular flexibility index (Phi) is 6.41. The number of aliphatic imine (C=N–C) groups is 1. The third-order valence-electron chi connectivity index (χ3n) is 8.28. The van der Waals surface area contributed by atoms with Crippen molar-refractivity contribution >= 4 is 17.8 Å². The lowest BCUT2D eigenvalue weighted by molar-refractivity contribution is -0.133. The van der Waals surface area contributed by atoms with Gasteiger partial charge in [0.1, 0.15) is 0 Å². The zero-order valence-electron chi connectivity index (χ0n) is 22.5. The molecule has 0 fully saturated rings. The summed E-state index contributed by atoms with van der Waals surface area (Å²) in [6.45, 7) is 5.21. The highest BCUT2D eigenvalue weighted by Gasteiger charge is 2.51. The topological polar surface area (TPSA) is 105 Å². The summed E-state index contributed by atoms with van der Waals surface area (Å²) in [5.74, 6) is 0.546. The van der Waals surface area contributed by atoms with Crippen molar-refractivity contribution in [3.63, 3.8) is 0 Å². The van der Waals surface area contributed by atoms with E-state index in [0.29, 0.717) is 31.0 Å². The Morgan fingerprint density at radius 1 is 1.08 bits per heavy atom. The summed E-state index contributed by atoms with van der Waals surface area (Å²) in [5.41, 5.74) is 10.9. The van der Waals surface area contributed by atoms with E-state index in [4.69, 9.17) is 10.7 Å². The molecule has 200 valence electrons. The monoisotopic (exact) mass is 522 g/mol. The number of fused-ring (bicyclic) bond motifs is 2. The molecular formula is C31H34N6O2. The average molecular weight is 523 g/mol. The minimum absolute atomic E-state index is 0.0631. The molecule has 3 aromatic rings. The van der Waals surface area contributed by atoms with Crippen LogP contribution in [0.15, 0.2) is 65.9 Å². The van der Waals surface area contributed by atoms with Gasteiger partial charge in [0.05, 0.1) is 30.5 Å². The molecule has 8 heteroatoms. The lowest BCUT2D eigenvalue weighted by Crippen LogP contribution is -2.46. The molecule has 2 atom stereocenters. The van der Waals surface area contributed by atoms with Gasteiger partial charge in [-0.3, -0.25) is 24.5 Å². The molecular weight excluding hydrogens is 488 g/mol. The number of guanidine groups is 1. The molecule has 0 unspecified atom stereocenters. The second-order valence-electron chi connectivity index (χ2n) is 11.2. The predicted octanol–water partition coefficient (Wildman–Crippen LogP) is 4.50. The zero-order valence-corrected chi connectivity index (χ0v) is 22.5. The van der Waals surface area contributed by atoms with E-state index < -0.39 is 5.54 Å². The number of carbonyl (C=O) groups excluding carboxylic acids is 2. The maximum Gasteiger partial charge on any atom is 0.262 e. The number of aryl methyl sites for hydroxylation is 1. The molecule has 2 aliphatic heterocycles. The van der Waals surface area contributed by atoms with E-state index in [1.807, 2.05) is 48.5 Å². The van der Waals surface area contributed by atoms with Gasteiger partial charge in [0.25, 0.3) is 11.8 Å². The highest BCUT2D eigenvalue weighted by atomic mass is 16.2. The van der Waals surface area contributed by atoms with Gasteiger partial charge < -0.3 is 10.6 Å². The van der Waals surface area contributed by atoms with E-state index in [2.05, 4.69) is 23.8 Å². The quantitative estimate of drug-likeness (QED) is 0.513. The first kappa shape index (κ1) is 25.2. The van der Waals surface area contributed by atoms with E-state index in [0.717, 1.165) is 53.8 Å². The molecule has 2 N–H and O–H groups in total. The predicted molar refractivity (Wildman–Crippen MR) is 148 cm³/mol. The van der Waals surface area contributed by atoms with Gasteiger partial charge in [0.15, 0.2) is 11.5 Å². The molecule has 6 rings (SSSR count). The summed E-state index contributed by atoms with van der Waals surface area (Å²) >= 11 is 0. The molecule has 0 saturated heterocycles. The normalized spacial score (nSPS) is 22.2. The van der Waals surface area contributed by atoms with Crippen molar-refractivity contribution in [1.82, 2.24) is 19.8 Å². The number of nitrogens with two attached hydrogens (primary N) is 1. The van der Waals surface area contributed by atoms with Crippen LogP contribution in [0, 0.1) is 5.92 Å². The Balaban J connectivity index is 1.33. The maximum atomic E-state index is 14.4. The summed E-state index contributed by atoms with van der Waals surface area (Å²) in [6.07, 6.45) is 7.38. The number of aromatic nitrogens is 2. The Bertz CT molecular complexity index is 1430. The van der Waals surface area contributed by atoms with Gasteiger partial charge in [-0.1, -0.05) is 50.2 Å². The van der Waals surface area contributed by atoms with E-state index >= 15 is 0 Å². The van der Waals surface area contributed by atoms with Gasteiger partial charge in [-0.25, -0.2) is 4.99 Å². The number of nitrogens with zero attached hydrogens (tertiary/aromatic N) is 5. The van der Waals surface area contributed by atoms with E-state index in [-0.39, 0.29) is 23.8 Å². The number of rotatable bonds is 6. The average Bonchev–Trinajstić information content (AvgIpc) is 3.50. The van der Waals surface area contributed by atoms with Crippen LogP contribution >= 0.6 is 0 Å². The van der Waals surface area contributed by atoms with Crippen molar-refractivity contribution in [3.05, 3.63) is 94.6 Å². The Morgan fingerprint density at radius 2 is 1.79 bits per heavy atom. The van der Waals surface area contributed by atoms with Gasteiger partial charge in [-0.15, -0.1) is 0 Å². The fraction of sp³-hybridized carbons (Fsp3) is 0.387. The maximum absolute atomic E-state index is 14.4. The van der Waals surface area contributed by atoms with Crippen LogP contribution in [0.3, 0.4) is 0 Å². The summed E-state index contributed by atoms with van der Waals surface area (Å²) in [6, 6.07) is 15.4.